The Morgan fingerprint density at radius 1 is 0.750 bits per heavy atom. The molecule has 138 valence electrons. The molecule has 0 saturated heterocycles. The first-order valence-corrected chi connectivity index (χ1v) is 10.0. The quantitative estimate of drug-likeness (QED) is 0.468. The highest BCUT2D eigenvalue weighted by Gasteiger charge is 2.12. The molecule has 0 radical (unpaired) electrons. The van der Waals surface area contributed by atoms with E-state index in [9.17, 15) is 0 Å². The Balaban J connectivity index is 1.33. The first kappa shape index (κ1) is 16.8. The van der Waals surface area contributed by atoms with Gasteiger partial charge in [-0.3, -0.25) is 0 Å². The first-order chi connectivity index (χ1) is 13.8. The smallest absolute Gasteiger partial charge is 0.187 e. The molecule has 0 unspecified atom stereocenters. The molecule has 5 rings (SSSR count). The number of anilines is 2. The number of rotatable bonds is 4. The summed E-state index contributed by atoms with van der Waals surface area (Å²) in [6, 6.07) is 24.7. The summed E-state index contributed by atoms with van der Waals surface area (Å²) >= 11 is 1.58. The van der Waals surface area contributed by atoms with Crippen LogP contribution >= 0.6 is 11.3 Å². The Hall–Kier alpha value is -3.31. The molecule has 5 heteroatoms. The summed E-state index contributed by atoms with van der Waals surface area (Å²) in [5.41, 5.74) is 5.42. The lowest BCUT2D eigenvalue weighted by atomic mass is 10.0. The van der Waals surface area contributed by atoms with Gasteiger partial charge in [0.05, 0.1) is 5.69 Å². The van der Waals surface area contributed by atoms with Crippen molar-refractivity contribution in [3.8, 4) is 33.9 Å². The number of nitrogens with one attached hydrogen (secondary N) is 1. The summed E-state index contributed by atoms with van der Waals surface area (Å²) in [7, 11) is 0. The Morgan fingerprint density at radius 2 is 1.46 bits per heavy atom. The zero-order chi connectivity index (χ0) is 18.8. The lowest BCUT2D eigenvalue weighted by Gasteiger charge is -2.18. The van der Waals surface area contributed by atoms with Gasteiger partial charge in [0.1, 0.15) is 13.2 Å². The average Bonchev–Trinajstić information content (AvgIpc) is 3.23. The van der Waals surface area contributed by atoms with Crippen LogP contribution < -0.4 is 14.8 Å². The lowest BCUT2D eigenvalue weighted by molar-refractivity contribution is 0.171. The Morgan fingerprint density at radius 3 is 2.29 bits per heavy atom. The maximum Gasteiger partial charge on any atom is 0.187 e. The molecule has 0 fully saturated rings. The number of hydrogen-bond donors (Lipinski definition) is 1. The van der Waals surface area contributed by atoms with Gasteiger partial charge in [-0.25, -0.2) is 4.98 Å². The molecular weight excluding hydrogens is 368 g/mol. The predicted octanol–water partition coefficient (Wildman–Crippen LogP) is 5.99. The van der Waals surface area contributed by atoms with E-state index >= 15 is 0 Å². The highest BCUT2D eigenvalue weighted by Crippen LogP contribution is 2.35. The number of fused-ring (bicyclic) bond motifs is 1. The van der Waals surface area contributed by atoms with E-state index in [1.165, 1.54) is 11.1 Å². The summed E-state index contributed by atoms with van der Waals surface area (Å²) < 4.78 is 11.2. The fourth-order valence-corrected chi connectivity index (χ4v) is 3.91. The van der Waals surface area contributed by atoms with Crippen LogP contribution in [0.5, 0.6) is 11.5 Å². The molecule has 0 bridgehead atoms. The molecule has 0 amide bonds. The number of thiazole rings is 1. The summed E-state index contributed by atoms with van der Waals surface area (Å²) in [6.45, 7) is 1.18. The second-order valence-electron chi connectivity index (χ2n) is 6.46. The number of aromatic nitrogens is 1. The monoisotopic (exact) mass is 386 g/mol. The topological polar surface area (TPSA) is 43.4 Å². The van der Waals surface area contributed by atoms with Crippen LogP contribution in [0.25, 0.3) is 22.4 Å². The van der Waals surface area contributed by atoms with Gasteiger partial charge < -0.3 is 14.8 Å². The molecule has 0 atom stereocenters. The number of ether oxygens (including phenoxy) is 2. The third kappa shape index (κ3) is 3.44. The molecule has 28 heavy (non-hydrogen) atoms. The largest absolute Gasteiger partial charge is 0.486 e. The highest BCUT2D eigenvalue weighted by molar-refractivity contribution is 7.14. The van der Waals surface area contributed by atoms with Crippen LogP contribution in [-0.4, -0.2) is 18.2 Å². The van der Waals surface area contributed by atoms with E-state index in [1.807, 2.05) is 24.3 Å². The van der Waals surface area contributed by atoms with Gasteiger partial charge in [-0.1, -0.05) is 54.6 Å². The molecule has 1 aliphatic rings. The zero-order valence-electron chi connectivity index (χ0n) is 15.1. The fraction of sp³-hybridized carbons (Fsp3) is 0.0870. The van der Waals surface area contributed by atoms with Gasteiger partial charge in [0.2, 0.25) is 0 Å². The van der Waals surface area contributed by atoms with Gasteiger partial charge in [-0.05, 0) is 23.3 Å². The Bertz CT molecular complexity index is 1090. The molecule has 0 spiro atoms. The van der Waals surface area contributed by atoms with Gasteiger partial charge in [-0.15, -0.1) is 11.3 Å². The second kappa shape index (κ2) is 7.37. The summed E-state index contributed by atoms with van der Waals surface area (Å²) in [6.07, 6.45) is 0. The lowest BCUT2D eigenvalue weighted by Crippen LogP contribution is -2.15. The maximum atomic E-state index is 5.64. The van der Waals surface area contributed by atoms with E-state index in [1.54, 1.807) is 11.3 Å². The number of nitrogens with zero attached hydrogens (tertiary/aromatic N) is 1. The minimum Gasteiger partial charge on any atom is -0.486 e. The van der Waals surface area contributed by atoms with Crippen molar-refractivity contribution in [1.82, 2.24) is 4.98 Å². The van der Waals surface area contributed by atoms with Crippen LogP contribution in [-0.2, 0) is 0 Å². The molecule has 4 aromatic rings. The van der Waals surface area contributed by atoms with Crippen LogP contribution in [0, 0.1) is 0 Å². The van der Waals surface area contributed by atoms with Gasteiger partial charge in [0.25, 0.3) is 0 Å². The summed E-state index contributed by atoms with van der Waals surface area (Å²) in [5.74, 6) is 1.56. The minimum atomic E-state index is 0.580. The van der Waals surface area contributed by atoms with Crippen molar-refractivity contribution in [2.45, 2.75) is 0 Å². The molecule has 1 aromatic heterocycles. The Labute approximate surface area is 167 Å². The zero-order valence-corrected chi connectivity index (χ0v) is 15.9. The van der Waals surface area contributed by atoms with Crippen LogP contribution in [0.2, 0.25) is 0 Å². The van der Waals surface area contributed by atoms with E-state index in [0.717, 1.165) is 33.6 Å². The molecule has 1 aliphatic heterocycles. The van der Waals surface area contributed by atoms with E-state index in [0.29, 0.717) is 13.2 Å². The maximum absolute atomic E-state index is 5.64. The molecule has 1 N–H and O–H groups in total. The third-order valence-electron chi connectivity index (χ3n) is 4.59. The van der Waals surface area contributed by atoms with Crippen molar-refractivity contribution in [3.05, 3.63) is 78.2 Å². The number of benzene rings is 3. The van der Waals surface area contributed by atoms with Crippen molar-refractivity contribution >= 4 is 22.2 Å². The predicted molar refractivity (Wildman–Crippen MR) is 114 cm³/mol. The van der Waals surface area contributed by atoms with Crippen LogP contribution in [0.1, 0.15) is 0 Å². The molecule has 0 aliphatic carbocycles. The van der Waals surface area contributed by atoms with Crippen LogP contribution in [0.15, 0.2) is 78.2 Å². The average molecular weight is 386 g/mol. The standard InChI is InChI=1S/C23H18N2O2S/c1-2-4-16(5-3-1)17-6-8-18(9-7-17)20-15-28-23(25-20)24-19-10-11-21-22(14-19)27-13-12-26-21/h1-11,14-15H,12-13H2,(H,24,25). The van der Waals surface area contributed by atoms with Crippen molar-refractivity contribution < 1.29 is 9.47 Å². The highest BCUT2D eigenvalue weighted by atomic mass is 32.1. The normalized spacial score (nSPS) is 12.6. The summed E-state index contributed by atoms with van der Waals surface area (Å²) in [5, 5.41) is 6.27. The third-order valence-corrected chi connectivity index (χ3v) is 5.34. The Kier molecular flexibility index (Phi) is 4.43. The van der Waals surface area contributed by atoms with E-state index < -0.39 is 0 Å². The molecule has 3 aromatic carbocycles. The van der Waals surface area contributed by atoms with Crippen LogP contribution in [0.3, 0.4) is 0 Å². The van der Waals surface area contributed by atoms with Gasteiger partial charge in [0, 0.05) is 22.7 Å². The first-order valence-electron chi connectivity index (χ1n) is 9.13. The SMILES string of the molecule is c1ccc(-c2ccc(-c3csc(Nc4ccc5c(c4)OCCO5)n3)cc2)cc1. The fourth-order valence-electron chi connectivity index (χ4n) is 3.17. The van der Waals surface area contributed by atoms with Crippen molar-refractivity contribution in [1.29, 1.82) is 0 Å². The van der Waals surface area contributed by atoms with Gasteiger partial charge in [0.15, 0.2) is 16.6 Å². The van der Waals surface area contributed by atoms with Gasteiger partial charge in [-0.2, -0.15) is 0 Å². The molecular formula is C23H18N2O2S. The van der Waals surface area contributed by atoms with E-state index in [4.69, 9.17) is 14.5 Å². The van der Waals surface area contributed by atoms with Gasteiger partial charge >= 0.3 is 0 Å². The van der Waals surface area contributed by atoms with E-state index in [2.05, 4.69) is 59.2 Å². The molecule has 2 heterocycles. The number of hydrogen-bond acceptors (Lipinski definition) is 5. The van der Waals surface area contributed by atoms with Crippen molar-refractivity contribution in [3.63, 3.8) is 0 Å². The van der Waals surface area contributed by atoms with Crippen LogP contribution in [0.4, 0.5) is 10.8 Å². The second-order valence-corrected chi connectivity index (χ2v) is 7.32. The summed E-state index contributed by atoms with van der Waals surface area (Å²) in [4.78, 5) is 4.73. The minimum absolute atomic E-state index is 0.580. The van der Waals surface area contributed by atoms with Crippen molar-refractivity contribution in [2.75, 3.05) is 18.5 Å². The van der Waals surface area contributed by atoms with E-state index in [-0.39, 0.29) is 0 Å². The van der Waals surface area contributed by atoms with Crippen molar-refractivity contribution in [2.24, 2.45) is 0 Å². The molecule has 4 nitrogen and oxygen atoms in total. The molecule has 0 saturated carbocycles.